The van der Waals surface area contributed by atoms with Gasteiger partial charge in [-0.05, 0) is 61.3 Å². The number of benzene rings is 2. The summed E-state index contributed by atoms with van der Waals surface area (Å²) < 4.78 is 64.7. The fraction of sp³-hybridized carbons (Fsp3) is 0.391. The van der Waals surface area contributed by atoms with Crippen molar-refractivity contribution < 1.29 is 22.3 Å². The zero-order valence-electron chi connectivity index (χ0n) is 15.8. The van der Waals surface area contributed by atoms with Crippen molar-refractivity contribution in [2.45, 2.75) is 51.0 Å². The molecule has 1 fully saturated rings. The average Bonchev–Trinajstić information content (AvgIpc) is 3.05. The first-order chi connectivity index (χ1) is 13.4. The van der Waals surface area contributed by atoms with Crippen LogP contribution >= 0.6 is 0 Å². The summed E-state index contributed by atoms with van der Waals surface area (Å²) in [5.41, 5.74) is 1.21. The van der Waals surface area contributed by atoms with E-state index in [1.807, 2.05) is 6.92 Å². The molecule has 0 spiro atoms. The van der Waals surface area contributed by atoms with Gasteiger partial charge in [-0.2, -0.15) is 0 Å². The molecule has 0 aromatic heterocycles. The molecule has 2 aliphatic rings. The number of fused-ring (bicyclic) bond motifs is 3. The van der Waals surface area contributed by atoms with Crippen LogP contribution in [-0.2, 0) is 17.6 Å². The number of halogens is 4. The van der Waals surface area contributed by atoms with E-state index in [1.54, 1.807) is 18.2 Å². The normalized spacial score (nSPS) is 20.8. The van der Waals surface area contributed by atoms with Gasteiger partial charge in [-0.3, -0.25) is 0 Å². The molecule has 28 heavy (non-hydrogen) atoms. The first kappa shape index (κ1) is 19.2. The SMILES string of the molecule is C=CCCc1cc2c(c(F)c1F)-c1c(cc(C3CCC(C)OC3)c(F)c1F)C2. The average molecular weight is 390 g/mol. The van der Waals surface area contributed by atoms with Gasteiger partial charge in [0.05, 0.1) is 12.7 Å². The van der Waals surface area contributed by atoms with Crippen LogP contribution in [0.3, 0.4) is 0 Å². The third-order valence-electron chi connectivity index (χ3n) is 5.87. The Morgan fingerprint density at radius 1 is 1.00 bits per heavy atom. The van der Waals surface area contributed by atoms with Crippen LogP contribution in [0.15, 0.2) is 24.8 Å². The predicted octanol–water partition coefficient (Wildman–Crippen LogP) is 6.22. The maximum atomic E-state index is 15.0. The van der Waals surface area contributed by atoms with E-state index < -0.39 is 23.3 Å². The van der Waals surface area contributed by atoms with Gasteiger partial charge < -0.3 is 4.74 Å². The summed E-state index contributed by atoms with van der Waals surface area (Å²) >= 11 is 0. The summed E-state index contributed by atoms with van der Waals surface area (Å²) in [6.45, 7) is 5.88. The quantitative estimate of drug-likeness (QED) is 0.380. The predicted molar refractivity (Wildman–Crippen MR) is 100 cm³/mol. The van der Waals surface area contributed by atoms with Crippen LogP contribution in [0.1, 0.15) is 54.4 Å². The van der Waals surface area contributed by atoms with E-state index in [9.17, 15) is 17.6 Å². The molecule has 2 atom stereocenters. The van der Waals surface area contributed by atoms with Gasteiger partial charge in [0.25, 0.3) is 0 Å². The van der Waals surface area contributed by atoms with Crippen LogP contribution in [0.25, 0.3) is 11.1 Å². The Hall–Kier alpha value is -2.14. The van der Waals surface area contributed by atoms with Crippen molar-refractivity contribution in [2.75, 3.05) is 6.61 Å². The molecule has 1 nitrogen and oxygen atoms in total. The highest BCUT2D eigenvalue weighted by molar-refractivity contribution is 5.79. The second kappa shape index (κ2) is 7.36. The van der Waals surface area contributed by atoms with Crippen molar-refractivity contribution in [3.05, 3.63) is 70.3 Å². The highest BCUT2D eigenvalue weighted by atomic mass is 19.2. The Balaban J connectivity index is 1.78. The van der Waals surface area contributed by atoms with E-state index in [4.69, 9.17) is 4.74 Å². The minimum atomic E-state index is -1.10. The Morgan fingerprint density at radius 3 is 2.32 bits per heavy atom. The van der Waals surface area contributed by atoms with E-state index in [0.717, 1.165) is 6.42 Å². The Morgan fingerprint density at radius 2 is 1.68 bits per heavy atom. The van der Waals surface area contributed by atoms with Crippen LogP contribution in [0.4, 0.5) is 17.6 Å². The minimum absolute atomic E-state index is 0.105. The smallest absolute Gasteiger partial charge is 0.167 e. The molecule has 0 radical (unpaired) electrons. The summed E-state index contributed by atoms with van der Waals surface area (Å²) in [6, 6.07) is 3.18. The van der Waals surface area contributed by atoms with Crippen molar-refractivity contribution in [2.24, 2.45) is 0 Å². The molecular weight excluding hydrogens is 368 g/mol. The van der Waals surface area contributed by atoms with Crippen LogP contribution < -0.4 is 0 Å². The number of hydrogen-bond acceptors (Lipinski definition) is 1. The first-order valence-corrected chi connectivity index (χ1v) is 9.65. The number of rotatable bonds is 4. The minimum Gasteiger partial charge on any atom is -0.378 e. The number of ether oxygens (including phenoxy) is 1. The highest BCUT2D eigenvalue weighted by Gasteiger charge is 2.33. The molecular formula is C23H22F4O. The zero-order chi connectivity index (χ0) is 20.0. The van der Waals surface area contributed by atoms with E-state index in [-0.39, 0.29) is 40.7 Å². The first-order valence-electron chi connectivity index (χ1n) is 9.65. The maximum absolute atomic E-state index is 15.0. The second-order valence-corrected chi connectivity index (χ2v) is 7.75. The molecule has 0 bridgehead atoms. The summed E-state index contributed by atoms with van der Waals surface area (Å²) in [5.74, 6) is -4.40. The molecule has 2 unspecified atom stereocenters. The lowest BCUT2D eigenvalue weighted by Gasteiger charge is -2.28. The Kier molecular flexibility index (Phi) is 5.04. The largest absolute Gasteiger partial charge is 0.378 e. The molecule has 2 aromatic carbocycles. The van der Waals surface area contributed by atoms with Crippen molar-refractivity contribution in [3.63, 3.8) is 0 Å². The molecule has 0 N–H and O–H groups in total. The van der Waals surface area contributed by atoms with E-state index in [2.05, 4.69) is 6.58 Å². The van der Waals surface area contributed by atoms with Crippen LogP contribution in [0.5, 0.6) is 0 Å². The van der Waals surface area contributed by atoms with Crippen molar-refractivity contribution in [1.29, 1.82) is 0 Å². The lowest BCUT2D eigenvalue weighted by atomic mass is 9.88. The van der Waals surface area contributed by atoms with Gasteiger partial charge in [-0.1, -0.05) is 18.2 Å². The maximum Gasteiger partial charge on any atom is 0.167 e. The Bertz CT molecular complexity index is 943. The van der Waals surface area contributed by atoms with Gasteiger partial charge in [0.15, 0.2) is 23.3 Å². The van der Waals surface area contributed by atoms with Crippen molar-refractivity contribution >= 4 is 0 Å². The third-order valence-corrected chi connectivity index (χ3v) is 5.87. The number of allylic oxidation sites excluding steroid dienone is 1. The molecule has 1 aliphatic heterocycles. The van der Waals surface area contributed by atoms with Gasteiger partial charge in [0.2, 0.25) is 0 Å². The van der Waals surface area contributed by atoms with E-state index >= 15 is 0 Å². The molecule has 1 saturated heterocycles. The standard InChI is InChI=1S/C23H22F4O/c1-3-4-5-13-8-15-9-16-10-17(14-7-6-12(2)28-11-14)21(25)23(27)19(16)18(15)22(26)20(13)24/h3,8,10,12,14H,1,4-7,9,11H2,2H3. The lowest BCUT2D eigenvalue weighted by molar-refractivity contribution is 0.0147. The number of aryl methyl sites for hydroxylation is 1. The molecule has 4 rings (SSSR count). The van der Waals surface area contributed by atoms with E-state index in [0.29, 0.717) is 37.0 Å². The van der Waals surface area contributed by atoms with Crippen LogP contribution in [0, 0.1) is 23.3 Å². The molecule has 0 saturated carbocycles. The molecule has 1 heterocycles. The molecule has 1 aliphatic carbocycles. The van der Waals surface area contributed by atoms with Gasteiger partial charge >= 0.3 is 0 Å². The highest BCUT2D eigenvalue weighted by Crippen LogP contribution is 2.45. The van der Waals surface area contributed by atoms with Gasteiger partial charge in [0.1, 0.15) is 0 Å². The zero-order valence-corrected chi connectivity index (χ0v) is 15.8. The molecule has 0 amide bonds. The lowest BCUT2D eigenvalue weighted by Crippen LogP contribution is -2.23. The van der Waals surface area contributed by atoms with Gasteiger partial charge in [0, 0.05) is 17.0 Å². The fourth-order valence-corrected chi connectivity index (χ4v) is 4.33. The van der Waals surface area contributed by atoms with Crippen molar-refractivity contribution in [3.8, 4) is 11.1 Å². The van der Waals surface area contributed by atoms with Crippen LogP contribution in [-0.4, -0.2) is 12.7 Å². The molecule has 2 aromatic rings. The third kappa shape index (κ3) is 3.06. The summed E-state index contributed by atoms with van der Waals surface area (Å²) in [5, 5.41) is 0. The summed E-state index contributed by atoms with van der Waals surface area (Å²) in [6.07, 6.45) is 4.30. The molecule has 148 valence electrons. The topological polar surface area (TPSA) is 9.23 Å². The summed E-state index contributed by atoms with van der Waals surface area (Å²) in [4.78, 5) is 0. The fourth-order valence-electron chi connectivity index (χ4n) is 4.33. The van der Waals surface area contributed by atoms with Gasteiger partial charge in [-0.25, -0.2) is 17.6 Å². The summed E-state index contributed by atoms with van der Waals surface area (Å²) in [7, 11) is 0. The van der Waals surface area contributed by atoms with Crippen LogP contribution in [0.2, 0.25) is 0 Å². The van der Waals surface area contributed by atoms with Crippen molar-refractivity contribution in [1.82, 2.24) is 0 Å². The van der Waals surface area contributed by atoms with Gasteiger partial charge in [-0.15, -0.1) is 6.58 Å². The van der Waals surface area contributed by atoms with E-state index in [1.165, 1.54) is 0 Å². The second-order valence-electron chi connectivity index (χ2n) is 7.75. The molecule has 5 heteroatoms. The Labute approximate surface area is 162 Å². The monoisotopic (exact) mass is 390 g/mol. The number of hydrogen-bond donors (Lipinski definition) is 0.